The number of para-hydroxylation sites is 2. The number of hydrogen-bond acceptors (Lipinski definition) is 4. The van der Waals surface area contributed by atoms with Gasteiger partial charge in [-0.1, -0.05) is 41.6 Å². The molecule has 4 heteroatoms. The Bertz CT molecular complexity index is 675. The third-order valence-electron chi connectivity index (χ3n) is 3.41. The van der Waals surface area contributed by atoms with Crippen LogP contribution in [-0.4, -0.2) is 0 Å². The number of benzene rings is 2. The Morgan fingerprint density at radius 2 is 1.79 bits per heavy atom. The lowest BCUT2D eigenvalue weighted by Gasteiger charge is -2.17. The fraction of sp³-hybridized carbons (Fsp3) is 0.133. The fourth-order valence-electron chi connectivity index (χ4n) is 2.52. The number of hydrogen-bond donors (Lipinski definition) is 0. The van der Waals surface area contributed by atoms with E-state index in [2.05, 4.69) is 11.4 Å². The molecule has 0 aromatic heterocycles. The van der Waals surface area contributed by atoms with Gasteiger partial charge < -0.3 is 0 Å². The Morgan fingerprint density at radius 1 is 1.11 bits per heavy atom. The van der Waals surface area contributed by atoms with E-state index in [1.54, 1.807) is 4.90 Å². The van der Waals surface area contributed by atoms with E-state index in [0.29, 0.717) is 6.42 Å². The van der Waals surface area contributed by atoms with Crippen molar-refractivity contribution in [2.45, 2.75) is 12.5 Å². The highest BCUT2D eigenvalue weighted by Crippen LogP contribution is 2.40. The van der Waals surface area contributed by atoms with Crippen molar-refractivity contribution in [3.05, 3.63) is 64.6 Å². The van der Waals surface area contributed by atoms with Gasteiger partial charge in [-0.2, -0.15) is 10.2 Å². The molecular formula is C15H11N3O. The lowest BCUT2D eigenvalue weighted by molar-refractivity contribution is 0.726. The summed E-state index contributed by atoms with van der Waals surface area (Å²) < 4.78 is 0. The van der Waals surface area contributed by atoms with Gasteiger partial charge in [0.05, 0.1) is 11.4 Å². The zero-order valence-corrected chi connectivity index (χ0v) is 10.2. The van der Waals surface area contributed by atoms with E-state index in [9.17, 15) is 10.2 Å². The molecule has 92 valence electrons. The molecule has 0 N–H and O–H groups in total. The topological polar surface area (TPSA) is 56.5 Å². The molecular weight excluding hydrogens is 238 g/mol. The number of fused-ring (bicyclic) bond motifs is 2. The molecule has 0 aliphatic carbocycles. The van der Waals surface area contributed by atoms with Crippen LogP contribution in [0.5, 0.6) is 0 Å². The van der Waals surface area contributed by atoms with Crippen LogP contribution in [0.1, 0.15) is 17.2 Å². The predicted molar refractivity (Wildman–Crippen MR) is 72.9 cm³/mol. The Labute approximate surface area is 110 Å². The van der Waals surface area contributed by atoms with Crippen molar-refractivity contribution < 1.29 is 0 Å². The average molecular weight is 249 g/mol. The van der Waals surface area contributed by atoms with Crippen LogP contribution in [0.2, 0.25) is 0 Å². The maximum absolute atomic E-state index is 11.1. The number of nitroso groups, excluding NO2 is 1. The van der Waals surface area contributed by atoms with E-state index in [4.69, 9.17) is 0 Å². The second kappa shape index (κ2) is 4.54. The Balaban J connectivity index is 2.29. The number of nitriles is 1. The zero-order chi connectivity index (χ0) is 13.2. The Hall–Kier alpha value is -2.67. The minimum absolute atomic E-state index is 0.448. The molecule has 0 spiro atoms. The van der Waals surface area contributed by atoms with Crippen molar-refractivity contribution in [1.82, 2.24) is 0 Å². The van der Waals surface area contributed by atoms with E-state index >= 15 is 0 Å². The first-order valence-electron chi connectivity index (χ1n) is 6.04. The van der Waals surface area contributed by atoms with Gasteiger partial charge in [0.1, 0.15) is 6.04 Å². The monoisotopic (exact) mass is 249 g/mol. The zero-order valence-electron chi connectivity index (χ0n) is 10.2. The molecule has 1 aliphatic rings. The van der Waals surface area contributed by atoms with Crippen LogP contribution in [0.4, 0.5) is 11.4 Å². The molecule has 0 saturated carbocycles. The standard InChI is InChI=1S/C15H11N3O/c16-10-18-14-7-3-1-5-11(14)9-13(17-19)12-6-2-4-8-15(12)18/h1-8,13H,9H2. The normalized spacial score (nSPS) is 16.8. The minimum Gasteiger partial charge on any atom is -0.247 e. The second-order valence-electron chi connectivity index (χ2n) is 4.45. The Morgan fingerprint density at radius 3 is 2.53 bits per heavy atom. The maximum Gasteiger partial charge on any atom is 0.189 e. The molecule has 0 fully saturated rings. The number of nitrogens with zero attached hydrogens (tertiary/aromatic N) is 3. The van der Waals surface area contributed by atoms with E-state index in [-0.39, 0.29) is 0 Å². The average Bonchev–Trinajstić information content (AvgIpc) is 2.61. The summed E-state index contributed by atoms with van der Waals surface area (Å²) >= 11 is 0. The highest BCUT2D eigenvalue weighted by molar-refractivity contribution is 5.74. The summed E-state index contributed by atoms with van der Waals surface area (Å²) in [4.78, 5) is 12.7. The summed E-state index contributed by atoms with van der Waals surface area (Å²) in [6.07, 6.45) is 2.71. The van der Waals surface area contributed by atoms with Crippen molar-refractivity contribution in [2.24, 2.45) is 5.18 Å². The highest BCUT2D eigenvalue weighted by Gasteiger charge is 2.26. The van der Waals surface area contributed by atoms with Gasteiger partial charge in [-0.3, -0.25) is 0 Å². The SMILES string of the molecule is N#CN1c2ccccc2CC(N=O)c2ccccc21. The predicted octanol–water partition coefficient (Wildman–Crippen LogP) is 3.67. The van der Waals surface area contributed by atoms with Crippen LogP contribution >= 0.6 is 0 Å². The van der Waals surface area contributed by atoms with Gasteiger partial charge in [0, 0.05) is 12.0 Å². The van der Waals surface area contributed by atoms with Crippen molar-refractivity contribution in [3.8, 4) is 6.19 Å². The minimum atomic E-state index is -0.448. The molecule has 0 bridgehead atoms. The smallest absolute Gasteiger partial charge is 0.189 e. The largest absolute Gasteiger partial charge is 0.247 e. The van der Waals surface area contributed by atoms with Crippen molar-refractivity contribution in [2.75, 3.05) is 4.90 Å². The van der Waals surface area contributed by atoms with Crippen LogP contribution in [-0.2, 0) is 6.42 Å². The summed E-state index contributed by atoms with van der Waals surface area (Å²) in [5.41, 5.74) is 3.32. The third-order valence-corrected chi connectivity index (χ3v) is 3.41. The fourth-order valence-corrected chi connectivity index (χ4v) is 2.52. The summed E-state index contributed by atoms with van der Waals surface area (Å²) in [6.45, 7) is 0. The maximum atomic E-state index is 11.1. The van der Waals surface area contributed by atoms with Crippen LogP contribution in [0, 0.1) is 16.4 Å². The van der Waals surface area contributed by atoms with Gasteiger partial charge in [-0.05, 0) is 17.7 Å². The summed E-state index contributed by atoms with van der Waals surface area (Å²) in [7, 11) is 0. The first kappa shape index (κ1) is 11.4. The third kappa shape index (κ3) is 1.76. The molecule has 1 aliphatic heterocycles. The number of anilines is 2. The van der Waals surface area contributed by atoms with Crippen molar-refractivity contribution >= 4 is 11.4 Å². The van der Waals surface area contributed by atoms with Crippen LogP contribution in [0.3, 0.4) is 0 Å². The van der Waals surface area contributed by atoms with Crippen LogP contribution in [0.25, 0.3) is 0 Å². The first-order valence-corrected chi connectivity index (χ1v) is 6.04. The van der Waals surface area contributed by atoms with E-state index in [0.717, 1.165) is 22.5 Å². The van der Waals surface area contributed by atoms with Gasteiger partial charge in [-0.15, -0.1) is 0 Å². The molecule has 2 aromatic carbocycles. The second-order valence-corrected chi connectivity index (χ2v) is 4.45. The quantitative estimate of drug-likeness (QED) is 0.572. The van der Waals surface area contributed by atoms with Gasteiger partial charge in [0.15, 0.2) is 6.19 Å². The van der Waals surface area contributed by atoms with Gasteiger partial charge in [-0.25, -0.2) is 4.90 Å². The summed E-state index contributed by atoms with van der Waals surface area (Å²) in [5.74, 6) is 0. The lowest BCUT2D eigenvalue weighted by Crippen LogP contribution is -2.10. The summed E-state index contributed by atoms with van der Waals surface area (Å²) in [6, 6.07) is 14.6. The molecule has 2 aromatic rings. The molecule has 3 rings (SSSR count). The Kier molecular flexibility index (Phi) is 2.73. The molecule has 1 unspecified atom stereocenters. The van der Waals surface area contributed by atoms with E-state index < -0.39 is 6.04 Å². The van der Waals surface area contributed by atoms with Crippen molar-refractivity contribution in [3.63, 3.8) is 0 Å². The highest BCUT2D eigenvalue weighted by atomic mass is 16.3. The molecule has 0 amide bonds. The van der Waals surface area contributed by atoms with Gasteiger partial charge in [0.25, 0.3) is 0 Å². The lowest BCUT2D eigenvalue weighted by atomic mass is 10.00. The summed E-state index contributed by atoms with van der Waals surface area (Å²) in [5, 5.41) is 12.7. The molecule has 19 heavy (non-hydrogen) atoms. The molecule has 1 heterocycles. The molecule has 1 atom stereocenters. The van der Waals surface area contributed by atoms with E-state index in [1.807, 2.05) is 48.5 Å². The van der Waals surface area contributed by atoms with Crippen LogP contribution < -0.4 is 4.90 Å². The van der Waals surface area contributed by atoms with Gasteiger partial charge in [0.2, 0.25) is 0 Å². The molecule has 4 nitrogen and oxygen atoms in total. The first-order chi connectivity index (χ1) is 9.35. The van der Waals surface area contributed by atoms with Gasteiger partial charge >= 0.3 is 0 Å². The van der Waals surface area contributed by atoms with Crippen molar-refractivity contribution in [1.29, 1.82) is 5.26 Å². The molecule has 0 saturated heterocycles. The van der Waals surface area contributed by atoms with Crippen LogP contribution in [0.15, 0.2) is 53.7 Å². The number of rotatable bonds is 1. The van der Waals surface area contributed by atoms with E-state index in [1.165, 1.54) is 0 Å². The molecule has 0 radical (unpaired) electrons.